The smallest absolute Gasteiger partial charge is 0.346 e. The summed E-state index contributed by atoms with van der Waals surface area (Å²) in [7, 11) is 0. The molecule has 0 atom stereocenters. The molecule has 1 aromatic heterocycles. The van der Waals surface area contributed by atoms with E-state index < -0.39 is 5.97 Å². The van der Waals surface area contributed by atoms with Gasteiger partial charge in [-0.3, -0.25) is 0 Å². The number of hydrogen-bond donors (Lipinski definition) is 0. The van der Waals surface area contributed by atoms with Gasteiger partial charge >= 0.3 is 12.0 Å². The Morgan fingerprint density at radius 1 is 0.895 bits per heavy atom. The molecular weight excluding hydrogens is 240 g/mol. The lowest BCUT2D eigenvalue weighted by atomic mass is 10.1. The zero-order valence-corrected chi connectivity index (χ0v) is 9.98. The Morgan fingerprint density at radius 3 is 2.53 bits per heavy atom. The van der Waals surface area contributed by atoms with Crippen molar-refractivity contribution >= 4 is 5.97 Å². The maximum Gasteiger partial charge on any atom is 0.346 e. The van der Waals surface area contributed by atoms with E-state index in [1.807, 2.05) is 36.4 Å². The molecule has 2 aliphatic rings. The maximum absolute atomic E-state index is 12.1. The minimum absolute atomic E-state index is 0.0576. The Balaban J connectivity index is 1.92. The second-order valence-corrected chi connectivity index (χ2v) is 3.95. The van der Waals surface area contributed by atoms with Gasteiger partial charge in [0.2, 0.25) is 0 Å². The fourth-order valence-electron chi connectivity index (χ4n) is 1.87. The lowest BCUT2D eigenvalue weighted by Crippen LogP contribution is -2.10. The maximum atomic E-state index is 12.1. The number of esters is 1. The zero-order valence-electron chi connectivity index (χ0n) is 9.98. The molecule has 3 rings (SSSR count). The number of nitrogens with zero attached hydrogens (tertiary/aromatic N) is 2. The second-order valence-electron chi connectivity index (χ2n) is 3.95. The van der Waals surface area contributed by atoms with E-state index in [9.17, 15) is 4.79 Å². The van der Waals surface area contributed by atoms with Crippen LogP contribution in [0.25, 0.3) is 11.1 Å². The van der Waals surface area contributed by atoms with Crippen LogP contribution in [0.1, 0.15) is 10.4 Å². The predicted molar refractivity (Wildman–Crippen MR) is 70.1 cm³/mol. The van der Waals surface area contributed by atoms with Gasteiger partial charge in [0.05, 0.1) is 5.56 Å². The van der Waals surface area contributed by atoms with E-state index in [0.717, 1.165) is 11.1 Å². The van der Waals surface area contributed by atoms with Gasteiger partial charge in [-0.2, -0.15) is 0 Å². The van der Waals surface area contributed by atoms with E-state index >= 15 is 0 Å². The molecule has 4 heteroatoms. The zero-order chi connectivity index (χ0) is 13.1. The molecule has 0 aromatic carbocycles. The minimum Gasteiger partial charge on any atom is -0.387 e. The fourth-order valence-corrected chi connectivity index (χ4v) is 1.87. The van der Waals surface area contributed by atoms with Gasteiger partial charge in [0, 0.05) is 12.4 Å². The third-order valence-corrected chi connectivity index (χ3v) is 2.74. The van der Waals surface area contributed by atoms with Crippen molar-refractivity contribution in [2.45, 2.75) is 0 Å². The summed E-state index contributed by atoms with van der Waals surface area (Å²) < 4.78 is 5.14. The minimum atomic E-state index is -0.451. The van der Waals surface area contributed by atoms with Gasteiger partial charge in [-0.05, 0) is 23.3 Å². The first-order valence-electron chi connectivity index (χ1n) is 5.81. The molecule has 0 fully saturated rings. The Bertz CT molecular complexity index is 683. The van der Waals surface area contributed by atoms with E-state index in [-0.39, 0.29) is 6.01 Å². The van der Waals surface area contributed by atoms with E-state index in [1.54, 1.807) is 12.1 Å². The number of hydrogen-bond acceptors (Lipinski definition) is 4. The summed E-state index contributed by atoms with van der Waals surface area (Å²) in [6.45, 7) is 0. The van der Waals surface area contributed by atoms with Gasteiger partial charge in [0.25, 0.3) is 0 Å². The van der Waals surface area contributed by atoms with Gasteiger partial charge in [-0.15, -0.1) is 0 Å². The van der Waals surface area contributed by atoms with Crippen molar-refractivity contribution in [1.29, 1.82) is 0 Å². The van der Waals surface area contributed by atoms with E-state index in [1.165, 1.54) is 12.4 Å². The summed E-state index contributed by atoms with van der Waals surface area (Å²) >= 11 is 0. The molecule has 92 valence electrons. The van der Waals surface area contributed by atoms with E-state index in [0.29, 0.717) is 5.56 Å². The molecule has 0 unspecified atom stereocenters. The molecule has 0 radical (unpaired) electrons. The number of rotatable bonds is 2. The number of ether oxygens (including phenoxy) is 1. The van der Waals surface area contributed by atoms with Crippen molar-refractivity contribution in [2.24, 2.45) is 0 Å². The summed E-state index contributed by atoms with van der Waals surface area (Å²) in [5.41, 5.74) is 2.36. The Hall–Kier alpha value is -2.75. The Labute approximate surface area is 110 Å². The fraction of sp³-hybridized carbons (Fsp3) is 0. The van der Waals surface area contributed by atoms with Crippen molar-refractivity contribution in [2.75, 3.05) is 0 Å². The SMILES string of the molecule is O=C(Oc1ncccn1)c1ccc2cccccc1-2. The first-order valence-corrected chi connectivity index (χ1v) is 5.81. The van der Waals surface area contributed by atoms with Crippen molar-refractivity contribution in [1.82, 2.24) is 9.97 Å². The van der Waals surface area contributed by atoms with Crippen LogP contribution in [0.5, 0.6) is 6.01 Å². The van der Waals surface area contributed by atoms with Gasteiger partial charge in [0.15, 0.2) is 0 Å². The van der Waals surface area contributed by atoms with Crippen LogP contribution >= 0.6 is 0 Å². The van der Waals surface area contributed by atoms with Crippen LogP contribution in [0.4, 0.5) is 0 Å². The first kappa shape index (κ1) is 11.3. The van der Waals surface area contributed by atoms with Gasteiger partial charge in [0.1, 0.15) is 0 Å². The van der Waals surface area contributed by atoms with Crippen LogP contribution in [0.2, 0.25) is 0 Å². The highest BCUT2D eigenvalue weighted by molar-refractivity contribution is 5.99. The summed E-state index contributed by atoms with van der Waals surface area (Å²) in [6, 6.07) is 14.9. The average molecular weight is 250 g/mol. The summed E-state index contributed by atoms with van der Waals surface area (Å²) in [4.78, 5) is 19.8. The largest absolute Gasteiger partial charge is 0.387 e. The molecule has 0 saturated heterocycles. The molecule has 1 heterocycles. The Kier molecular flexibility index (Phi) is 2.90. The van der Waals surface area contributed by atoms with Crippen LogP contribution in [0, 0.1) is 0 Å². The number of carbonyl (C=O) groups is 1. The van der Waals surface area contributed by atoms with Crippen molar-refractivity contribution in [3.63, 3.8) is 0 Å². The second kappa shape index (κ2) is 4.86. The van der Waals surface area contributed by atoms with Crippen LogP contribution in [0.3, 0.4) is 0 Å². The lowest BCUT2D eigenvalue weighted by molar-refractivity contribution is 0.0720. The summed E-state index contributed by atoms with van der Waals surface area (Å²) in [5, 5.41) is 0. The van der Waals surface area contributed by atoms with Crippen LogP contribution in [-0.4, -0.2) is 15.9 Å². The predicted octanol–water partition coefficient (Wildman–Crippen LogP) is 2.80. The van der Waals surface area contributed by atoms with Gasteiger partial charge in [-0.1, -0.05) is 36.4 Å². The molecule has 2 aliphatic carbocycles. The van der Waals surface area contributed by atoms with Gasteiger partial charge in [-0.25, -0.2) is 14.8 Å². The summed E-state index contributed by atoms with van der Waals surface area (Å²) in [5.74, 6) is -0.451. The standard InChI is InChI=1S/C15H10N2O2/c18-14(19-15-16-9-4-10-17-15)13-8-7-11-5-2-1-3-6-12(11)13/h1-10H. The molecule has 0 aliphatic heterocycles. The molecule has 4 nitrogen and oxygen atoms in total. The van der Waals surface area contributed by atoms with Crippen LogP contribution in [-0.2, 0) is 0 Å². The van der Waals surface area contributed by atoms with Crippen LogP contribution < -0.4 is 4.74 Å². The van der Waals surface area contributed by atoms with Crippen molar-refractivity contribution < 1.29 is 9.53 Å². The molecular formula is C15H10N2O2. The highest BCUT2D eigenvalue weighted by Crippen LogP contribution is 2.27. The quantitative estimate of drug-likeness (QED) is 0.656. The molecule has 0 N–H and O–H groups in total. The third-order valence-electron chi connectivity index (χ3n) is 2.74. The molecule has 1 aromatic rings. The van der Waals surface area contributed by atoms with Crippen LogP contribution in [0.15, 0.2) is 60.9 Å². The molecule has 0 amide bonds. The monoisotopic (exact) mass is 250 g/mol. The molecule has 19 heavy (non-hydrogen) atoms. The highest BCUT2D eigenvalue weighted by atomic mass is 16.5. The average Bonchev–Trinajstić information content (AvgIpc) is 2.69. The Morgan fingerprint density at radius 2 is 1.68 bits per heavy atom. The van der Waals surface area contributed by atoms with E-state index in [4.69, 9.17) is 4.74 Å². The van der Waals surface area contributed by atoms with Crippen molar-refractivity contribution in [3.8, 4) is 17.1 Å². The van der Waals surface area contributed by atoms with E-state index in [2.05, 4.69) is 9.97 Å². The third kappa shape index (κ3) is 2.28. The highest BCUT2D eigenvalue weighted by Gasteiger charge is 2.17. The number of aromatic nitrogens is 2. The number of carbonyl (C=O) groups excluding carboxylic acids is 1. The normalized spacial score (nSPS) is 10.3. The van der Waals surface area contributed by atoms with Gasteiger partial charge < -0.3 is 4.74 Å². The molecule has 0 spiro atoms. The summed E-state index contributed by atoms with van der Waals surface area (Å²) in [6.07, 6.45) is 3.05. The lowest BCUT2D eigenvalue weighted by Gasteiger charge is -2.02. The molecule has 0 bridgehead atoms. The first-order chi connectivity index (χ1) is 9.34. The topological polar surface area (TPSA) is 52.1 Å². The number of fused-ring (bicyclic) bond motifs is 1. The molecule has 0 saturated carbocycles. The van der Waals surface area contributed by atoms with Crippen molar-refractivity contribution in [3.05, 3.63) is 66.5 Å².